The highest BCUT2D eigenvalue weighted by Crippen LogP contribution is 2.20. The van der Waals surface area contributed by atoms with E-state index in [0.717, 1.165) is 18.8 Å². The maximum atomic E-state index is 5.87. The molecule has 0 spiro atoms. The number of nitrogens with zero attached hydrogens (tertiary/aromatic N) is 2. The molecule has 1 aromatic heterocycles. The van der Waals surface area contributed by atoms with Crippen LogP contribution in [-0.2, 0) is 4.74 Å². The van der Waals surface area contributed by atoms with E-state index in [-0.39, 0.29) is 12.2 Å². The van der Waals surface area contributed by atoms with Crippen LogP contribution in [0.4, 0.5) is 5.69 Å². The van der Waals surface area contributed by atoms with E-state index in [0.29, 0.717) is 5.88 Å². The summed E-state index contributed by atoms with van der Waals surface area (Å²) in [4.78, 5) is 6.52. The summed E-state index contributed by atoms with van der Waals surface area (Å²) in [7, 11) is 0. The Morgan fingerprint density at radius 2 is 2.38 bits per heavy atom. The summed E-state index contributed by atoms with van der Waals surface area (Å²) in [6.07, 6.45) is 2.20. The van der Waals surface area contributed by atoms with Crippen molar-refractivity contribution >= 4 is 17.3 Å². The Morgan fingerprint density at radius 3 is 3.06 bits per heavy atom. The Morgan fingerprint density at radius 1 is 1.56 bits per heavy atom. The fraction of sp³-hybridized carbons (Fsp3) is 0.583. The fourth-order valence-electron chi connectivity index (χ4n) is 2.07. The minimum Gasteiger partial charge on any atom is -0.370 e. The number of aromatic nitrogens is 1. The third kappa shape index (κ3) is 2.66. The molecule has 1 saturated heterocycles. The number of hydrogen-bond acceptors (Lipinski definition) is 3. The van der Waals surface area contributed by atoms with Crippen LogP contribution in [0.3, 0.4) is 0 Å². The molecule has 0 radical (unpaired) electrons. The van der Waals surface area contributed by atoms with Crippen molar-refractivity contribution in [3.63, 3.8) is 0 Å². The first-order chi connectivity index (χ1) is 7.69. The minimum absolute atomic E-state index is 0.124. The molecular weight excluding hydrogens is 224 g/mol. The molecule has 1 aliphatic rings. The van der Waals surface area contributed by atoms with Crippen LogP contribution >= 0.6 is 11.6 Å². The number of ether oxygens (including phenoxy) is 1. The molecule has 1 fully saturated rings. The van der Waals surface area contributed by atoms with Crippen LogP contribution in [0, 0.1) is 6.92 Å². The lowest BCUT2D eigenvalue weighted by atomic mass is 10.2. The molecule has 1 aliphatic heterocycles. The molecule has 88 valence electrons. The number of hydrogen-bond donors (Lipinski definition) is 0. The largest absolute Gasteiger partial charge is 0.370 e. The van der Waals surface area contributed by atoms with Crippen LogP contribution < -0.4 is 4.90 Å². The number of morpholine rings is 1. The lowest BCUT2D eigenvalue weighted by Gasteiger charge is -2.37. The van der Waals surface area contributed by atoms with Gasteiger partial charge >= 0.3 is 0 Å². The number of anilines is 1. The molecule has 3 nitrogen and oxygen atoms in total. The summed E-state index contributed by atoms with van der Waals surface area (Å²) in [5.41, 5.74) is 2.25. The first-order valence-electron chi connectivity index (χ1n) is 5.58. The van der Waals surface area contributed by atoms with Gasteiger partial charge in [-0.05, 0) is 26.0 Å². The number of aryl methyl sites for hydroxylation is 1. The molecule has 16 heavy (non-hydrogen) atoms. The van der Waals surface area contributed by atoms with Crippen LogP contribution in [0.15, 0.2) is 18.3 Å². The highest BCUT2D eigenvalue weighted by atomic mass is 35.5. The van der Waals surface area contributed by atoms with Gasteiger partial charge in [-0.25, -0.2) is 0 Å². The zero-order chi connectivity index (χ0) is 11.5. The molecule has 0 amide bonds. The maximum Gasteiger partial charge on any atom is 0.0889 e. The number of pyridine rings is 1. The Balaban J connectivity index is 2.14. The molecule has 2 heterocycles. The van der Waals surface area contributed by atoms with E-state index >= 15 is 0 Å². The van der Waals surface area contributed by atoms with Crippen molar-refractivity contribution < 1.29 is 4.74 Å². The highest BCUT2D eigenvalue weighted by molar-refractivity contribution is 6.18. The van der Waals surface area contributed by atoms with Crippen LogP contribution in [0.25, 0.3) is 0 Å². The van der Waals surface area contributed by atoms with Gasteiger partial charge in [0.2, 0.25) is 0 Å². The fourth-order valence-corrected chi connectivity index (χ4v) is 2.24. The van der Waals surface area contributed by atoms with Crippen molar-refractivity contribution in [1.29, 1.82) is 0 Å². The van der Waals surface area contributed by atoms with Gasteiger partial charge in [-0.1, -0.05) is 0 Å². The monoisotopic (exact) mass is 240 g/mol. The zero-order valence-corrected chi connectivity index (χ0v) is 10.4. The Bertz CT molecular complexity index is 359. The number of halogens is 1. The first-order valence-corrected chi connectivity index (χ1v) is 6.11. The molecule has 0 N–H and O–H groups in total. The van der Waals surface area contributed by atoms with Gasteiger partial charge in [0.1, 0.15) is 0 Å². The normalized spacial score (nSPS) is 25.8. The Labute approximate surface area is 101 Å². The second kappa shape index (κ2) is 5.02. The average molecular weight is 241 g/mol. The summed E-state index contributed by atoms with van der Waals surface area (Å²) in [6, 6.07) is 4.14. The van der Waals surface area contributed by atoms with Gasteiger partial charge in [-0.2, -0.15) is 0 Å². The van der Waals surface area contributed by atoms with Gasteiger partial charge in [0.15, 0.2) is 0 Å². The number of alkyl halides is 1. The number of rotatable bonds is 2. The molecule has 1 aromatic rings. The molecule has 0 aromatic carbocycles. The lowest BCUT2D eigenvalue weighted by molar-refractivity contribution is -0.00333. The maximum absolute atomic E-state index is 5.87. The van der Waals surface area contributed by atoms with Gasteiger partial charge in [-0.15, -0.1) is 11.6 Å². The SMILES string of the molecule is Cc1cc(N2CC(C)OC(CCl)C2)ccn1. The van der Waals surface area contributed by atoms with E-state index in [1.807, 2.05) is 19.2 Å². The molecule has 2 atom stereocenters. The molecule has 0 bridgehead atoms. The smallest absolute Gasteiger partial charge is 0.0889 e. The van der Waals surface area contributed by atoms with Crippen molar-refractivity contribution in [1.82, 2.24) is 4.98 Å². The second-order valence-corrected chi connectivity index (χ2v) is 4.59. The molecule has 0 saturated carbocycles. The van der Waals surface area contributed by atoms with Crippen LogP contribution in [0.5, 0.6) is 0 Å². The summed E-state index contributed by atoms with van der Waals surface area (Å²) in [5.74, 6) is 0.547. The van der Waals surface area contributed by atoms with Crippen LogP contribution in [0.1, 0.15) is 12.6 Å². The molecule has 2 unspecified atom stereocenters. The van der Waals surface area contributed by atoms with Gasteiger partial charge in [0, 0.05) is 30.7 Å². The van der Waals surface area contributed by atoms with E-state index < -0.39 is 0 Å². The standard InChI is InChI=1S/C12H17ClN2O/c1-9-5-11(3-4-14-9)15-7-10(2)16-12(6-13)8-15/h3-5,10,12H,6-8H2,1-2H3. The molecule has 2 rings (SSSR count). The van der Waals surface area contributed by atoms with Gasteiger partial charge in [-0.3, -0.25) is 4.98 Å². The summed E-state index contributed by atoms with van der Waals surface area (Å²) in [6.45, 7) is 5.86. The van der Waals surface area contributed by atoms with E-state index in [1.165, 1.54) is 5.69 Å². The van der Waals surface area contributed by atoms with Gasteiger partial charge in [0.25, 0.3) is 0 Å². The van der Waals surface area contributed by atoms with E-state index in [4.69, 9.17) is 16.3 Å². The van der Waals surface area contributed by atoms with Crippen molar-refractivity contribution in [2.24, 2.45) is 0 Å². The van der Waals surface area contributed by atoms with Crippen molar-refractivity contribution in [2.45, 2.75) is 26.1 Å². The minimum atomic E-state index is 0.124. The Hall–Kier alpha value is -0.800. The topological polar surface area (TPSA) is 25.4 Å². The summed E-state index contributed by atoms with van der Waals surface area (Å²) in [5, 5.41) is 0. The summed E-state index contributed by atoms with van der Waals surface area (Å²) >= 11 is 5.87. The predicted octanol–water partition coefficient (Wildman–Crippen LogP) is 2.22. The third-order valence-corrected chi connectivity index (χ3v) is 3.09. The predicted molar refractivity (Wildman–Crippen MR) is 66.2 cm³/mol. The quantitative estimate of drug-likeness (QED) is 0.742. The molecular formula is C12H17ClN2O. The third-order valence-electron chi connectivity index (χ3n) is 2.74. The van der Waals surface area contributed by atoms with Gasteiger partial charge in [0.05, 0.1) is 18.1 Å². The van der Waals surface area contributed by atoms with Crippen molar-refractivity contribution in [3.8, 4) is 0 Å². The summed E-state index contributed by atoms with van der Waals surface area (Å²) < 4.78 is 5.73. The van der Waals surface area contributed by atoms with Crippen LogP contribution in [0.2, 0.25) is 0 Å². The molecule has 4 heteroatoms. The van der Waals surface area contributed by atoms with Crippen molar-refractivity contribution in [3.05, 3.63) is 24.0 Å². The van der Waals surface area contributed by atoms with E-state index in [2.05, 4.69) is 22.9 Å². The lowest BCUT2D eigenvalue weighted by Crippen LogP contribution is -2.47. The second-order valence-electron chi connectivity index (χ2n) is 4.28. The zero-order valence-electron chi connectivity index (χ0n) is 9.69. The average Bonchev–Trinajstić information content (AvgIpc) is 2.28. The Kier molecular flexibility index (Phi) is 3.66. The van der Waals surface area contributed by atoms with Crippen molar-refractivity contribution in [2.75, 3.05) is 23.9 Å². The van der Waals surface area contributed by atoms with E-state index in [9.17, 15) is 0 Å². The first kappa shape index (κ1) is 11.7. The van der Waals surface area contributed by atoms with E-state index in [1.54, 1.807) is 0 Å². The van der Waals surface area contributed by atoms with Gasteiger partial charge < -0.3 is 9.64 Å². The van der Waals surface area contributed by atoms with Crippen LogP contribution in [-0.4, -0.2) is 36.2 Å². The highest BCUT2D eigenvalue weighted by Gasteiger charge is 2.24. The molecule has 0 aliphatic carbocycles.